The van der Waals surface area contributed by atoms with Crippen molar-refractivity contribution in [1.82, 2.24) is 10.2 Å². The predicted molar refractivity (Wildman–Crippen MR) is 111 cm³/mol. The number of nitrogens with one attached hydrogen (secondary N) is 1. The van der Waals surface area contributed by atoms with E-state index in [-0.39, 0.29) is 5.91 Å². The molecule has 1 unspecified atom stereocenters. The molecule has 1 aromatic carbocycles. The van der Waals surface area contributed by atoms with Crippen molar-refractivity contribution in [2.24, 2.45) is 0 Å². The van der Waals surface area contributed by atoms with Crippen molar-refractivity contribution in [2.45, 2.75) is 64.3 Å². The molecule has 1 atom stereocenters. The third kappa shape index (κ3) is 3.57. The fourth-order valence-corrected chi connectivity index (χ4v) is 5.17. The van der Waals surface area contributed by atoms with Gasteiger partial charge in [0.25, 0.3) is 11.7 Å². The van der Waals surface area contributed by atoms with E-state index in [1.807, 2.05) is 19.9 Å². The molecule has 2 heterocycles. The molecule has 1 aromatic heterocycles. The summed E-state index contributed by atoms with van der Waals surface area (Å²) in [7, 11) is 0. The van der Waals surface area contributed by atoms with E-state index in [1.165, 1.54) is 35.5 Å². The molecule has 1 aliphatic carbocycles. The third-order valence-corrected chi connectivity index (χ3v) is 6.76. The smallest absolute Gasteiger partial charge is 0.299 e. The summed E-state index contributed by atoms with van der Waals surface area (Å²) in [6.45, 7) is 3.66. The number of ketones is 1. The van der Waals surface area contributed by atoms with Crippen LogP contribution in [0, 0.1) is 6.92 Å². The van der Waals surface area contributed by atoms with Crippen LogP contribution in [0.15, 0.2) is 18.2 Å². The molecule has 1 saturated carbocycles. The third-order valence-electron chi connectivity index (χ3n) is 5.76. The maximum Gasteiger partial charge on any atom is 0.300 e. The number of amides is 2. The Bertz CT molecular complexity index is 965. The zero-order chi connectivity index (χ0) is 20.5. The van der Waals surface area contributed by atoms with Crippen molar-refractivity contribution in [3.05, 3.63) is 34.3 Å². The molecule has 1 N–H and O–H groups in total. The number of hydrogen-bond acceptors (Lipinski definition) is 6. The summed E-state index contributed by atoms with van der Waals surface area (Å²) in [5.74, 6) is -1.15. The van der Waals surface area contributed by atoms with Crippen molar-refractivity contribution >= 4 is 39.8 Å². The van der Waals surface area contributed by atoms with Crippen LogP contribution in [-0.2, 0) is 9.59 Å². The van der Waals surface area contributed by atoms with Crippen LogP contribution in [0.25, 0.3) is 0 Å². The number of carbonyl (C=O) groups is 3. The number of benzene rings is 1. The molecule has 2 aromatic rings. The summed E-state index contributed by atoms with van der Waals surface area (Å²) in [6, 6.07) is 4.44. The van der Waals surface area contributed by atoms with Gasteiger partial charge < -0.3 is 0 Å². The quantitative estimate of drug-likeness (QED) is 0.753. The SMILES string of the molecule is CCC(C(=O)Nc1nnc(C2CCCCC2)s1)N1C(=O)C(=O)c2cccc(C)c21. The standard InChI is InChI=1S/C21H24N4O3S/c1-3-15(25-16-12(2)8-7-11-14(16)17(26)20(25)28)18(27)22-21-24-23-19(29-21)13-9-5-4-6-10-13/h7-8,11,13,15H,3-6,9-10H2,1-2H3,(H,22,24,27). The van der Waals surface area contributed by atoms with Gasteiger partial charge in [-0.1, -0.05) is 49.7 Å². The van der Waals surface area contributed by atoms with E-state index in [0.717, 1.165) is 23.4 Å². The molecule has 8 heteroatoms. The zero-order valence-corrected chi connectivity index (χ0v) is 17.4. The van der Waals surface area contributed by atoms with Crippen LogP contribution in [0.5, 0.6) is 0 Å². The minimum absolute atomic E-state index is 0.351. The average molecular weight is 413 g/mol. The molecule has 4 rings (SSSR count). The highest BCUT2D eigenvalue weighted by molar-refractivity contribution is 7.15. The molecule has 29 heavy (non-hydrogen) atoms. The Labute approximate surface area is 173 Å². The number of nitrogens with zero attached hydrogens (tertiary/aromatic N) is 3. The van der Waals surface area contributed by atoms with E-state index in [9.17, 15) is 14.4 Å². The summed E-state index contributed by atoms with van der Waals surface area (Å²) in [4.78, 5) is 39.4. The van der Waals surface area contributed by atoms with Crippen LogP contribution in [0.4, 0.5) is 10.8 Å². The number of carbonyl (C=O) groups excluding carboxylic acids is 3. The summed E-state index contributed by atoms with van der Waals surface area (Å²) >= 11 is 1.40. The second kappa shape index (κ2) is 8.02. The summed E-state index contributed by atoms with van der Waals surface area (Å²) in [6.07, 6.45) is 6.27. The molecular formula is C21H24N4O3S. The van der Waals surface area contributed by atoms with Gasteiger partial charge in [-0.05, 0) is 37.8 Å². The zero-order valence-electron chi connectivity index (χ0n) is 16.6. The highest BCUT2D eigenvalue weighted by atomic mass is 32.1. The number of hydrogen-bond donors (Lipinski definition) is 1. The number of aryl methyl sites for hydroxylation is 1. The molecule has 0 bridgehead atoms. The lowest BCUT2D eigenvalue weighted by atomic mass is 9.90. The fraction of sp³-hybridized carbons (Fsp3) is 0.476. The summed E-state index contributed by atoms with van der Waals surface area (Å²) in [5, 5.41) is 12.6. The highest BCUT2D eigenvalue weighted by Crippen LogP contribution is 2.36. The van der Waals surface area contributed by atoms with Gasteiger partial charge >= 0.3 is 0 Å². The molecular weight excluding hydrogens is 388 g/mol. The summed E-state index contributed by atoms with van der Waals surface area (Å²) < 4.78 is 0. The maximum atomic E-state index is 13.0. The minimum Gasteiger partial charge on any atom is -0.299 e. The van der Waals surface area contributed by atoms with E-state index in [4.69, 9.17) is 0 Å². The fourth-order valence-electron chi connectivity index (χ4n) is 4.26. The Morgan fingerprint density at radius 1 is 1.24 bits per heavy atom. The van der Waals surface area contributed by atoms with E-state index in [0.29, 0.717) is 28.7 Å². The Balaban J connectivity index is 1.55. The van der Waals surface area contributed by atoms with Gasteiger partial charge in [-0.2, -0.15) is 0 Å². The Kier molecular flexibility index (Phi) is 5.45. The first-order valence-corrected chi connectivity index (χ1v) is 10.9. The maximum absolute atomic E-state index is 13.0. The van der Waals surface area contributed by atoms with E-state index >= 15 is 0 Å². The van der Waals surface area contributed by atoms with Gasteiger partial charge in [0.05, 0.1) is 11.3 Å². The topological polar surface area (TPSA) is 92.3 Å². The molecule has 7 nitrogen and oxygen atoms in total. The van der Waals surface area contributed by atoms with Crippen LogP contribution in [0.3, 0.4) is 0 Å². The second-order valence-electron chi connectivity index (χ2n) is 7.67. The Hall–Kier alpha value is -2.61. The van der Waals surface area contributed by atoms with Crippen molar-refractivity contribution in [2.75, 3.05) is 10.2 Å². The van der Waals surface area contributed by atoms with Crippen molar-refractivity contribution in [1.29, 1.82) is 0 Å². The minimum atomic E-state index is -0.782. The Morgan fingerprint density at radius 2 is 2.00 bits per heavy atom. The van der Waals surface area contributed by atoms with E-state index < -0.39 is 17.7 Å². The predicted octanol–water partition coefficient (Wildman–Crippen LogP) is 3.84. The number of fused-ring (bicyclic) bond motifs is 1. The van der Waals surface area contributed by atoms with Crippen LogP contribution < -0.4 is 10.2 Å². The van der Waals surface area contributed by atoms with Crippen molar-refractivity contribution in [3.63, 3.8) is 0 Å². The first-order valence-electron chi connectivity index (χ1n) is 10.1. The molecule has 2 aliphatic rings. The average Bonchev–Trinajstić information content (AvgIpc) is 3.29. The van der Waals surface area contributed by atoms with Gasteiger partial charge in [0.1, 0.15) is 11.0 Å². The molecule has 0 radical (unpaired) electrons. The van der Waals surface area contributed by atoms with Crippen molar-refractivity contribution in [3.8, 4) is 0 Å². The number of anilines is 2. The lowest BCUT2D eigenvalue weighted by molar-refractivity contribution is -0.121. The normalized spacial score (nSPS) is 18.1. The van der Waals surface area contributed by atoms with Crippen LogP contribution >= 0.6 is 11.3 Å². The number of rotatable bonds is 5. The first-order chi connectivity index (χ1) is 14.0. The van der Waals surface area contributed by atoms with Gasteiger partial charge in [0.2, 0.25) is 11.0 Å². The monoisotopic (exact) mass is 412 g/mol. The van der Waals surface area contributed by atoms with E-state index in [2.05, 4.69) is 15.5 Å². The van der Waals surface area contributed by atoms with Crippen molar-refractivity contribution < 1.29 is 14.4 Å². The molecule has 0 spiro atoms. The van der Waals surface area contributed by atoms with Crippen LogP contribution in [0.1, 0.15) is 72.3 Å². The van der Waals surface area contributed by atoms with Gasteiger partial charge in [-0.15, -0.1) is 10.2 Å². The Morgan fingerprint density at radius 3 is 2.72 bits per heavy atom. The van der Waals surface area contributed by atoms with Gasteiger partial charge in [-0.3, -0.25) is 24.6 Å². The van der Waals surface area contributed by atoms with Crippen LogP contribution in [-0.4, -0.2) is 33.8 Å². The van der Waals surface area contributed by atoms with Crippen LogP contribution in [0.2, 0.25) is 0 Å². The lowest BCUT2D eigenvalue weighted by Crippen LogP contribution is -2.46. The molecule has 0 saturated heterocycles. The molecule has 1 aliphatic heterocycles. The highest BCUT2D eigenvalue weighted by Gasteiger charge is 2.42. The summed E-state index contributed by atoms with van der Waals surface area (Å²) in [5.41, 5.74) is 1.69. The second-order valence-corrected chi connectivity index (χ2v) is 8.68. The van der Waals surface area contributed by atoms with Gasteiger partial charge in [0.15, 0.2) is 0 Å². The van der Waals surface area contributed by atoms with Gasteiger partial charge in [0, 0.05) is 5.92 Å². The van der Waals surface area contributed by atoms with Gasteiger partial charge in [-0.25, -0.2) is 0 Å². The molecule has 2 amide bonds. The first kappa shape index (κ1) is 19.7. The van der Waals surface area contributed by atoms with E-state index in [1.54, 1.807) is 12.1 Å². The largest absolute Gasteiger partial charge is 0.300 e. The number of aromatic nitrogens is 2. The molecule has 1 fully saturated rings. The number of Topliss-reactive ketones (excluding diaryl/α,β-unsaturated/α-hetero) is 1. The number of para-hydroxylation sites is 1. The lowest BCUT2D eigenvalue weighted by Gasteiger charge is -2.26. The molecule has 152 valence electrons.